The van der Waals surface area contributed by atoms with Crippen LogP contribution >= 0.6 is 0 Å². The molecule has 0 fully saturated rings. The van der Waals surface area contributed by atoms with Crippen LogP contribution in [0, 0.1) is 6.92 Å². The maximum Gasteiger partial charge on any atom is 0.231 e. The number of benzene rings is 3. The lowest BCUT2D eigenvalue weighted by molar-refractivity contribution is 0.101. The van der Waals surface area contributed by atoms with Crippen molar-refractivity contribution >= 4 is 11.9 Å². The first-order valence-corrected chi connectivity index (χ1v) is 9.97. The van der Waals surface area contributed by atoms with E-state index in [4.69, 9.17) is 14.6 Å². The van der Waals surface area contributed by atoms with Crippen LogP contribution in [0.4, 0.5) is 0 Å². The van der Waals surface area contributed by atoms with Crippen LogP contribution in [0.15, 0.2) is 84.8 Å². The Hall–Kier alpha value is -4.12. The Morgan fingerprint density at radius 2 is 1.77 bits per heavy atom. The largest absolute Gasteiger partial charge is 0.497 e. The fourth-order valence-corrected chi connectivity index (χ4v) is 3.62. The number of aryl methyl sites for hydroxylation is 1. The van der Waals surface area contributed by atoms with Gasteiger partial charge in [0.15, 0.2) is 5.76 Å². The van der Waals surface area contributed by atoms with Gasteiger partial charge in [-0.1, -0.05) is 29.8 Å². The second-order valence-electron chi connectivity index (χ2n) is 7.38. The van der Waals surface area contributed by atoms with E-state index in [9.17, 15) is 4.79 Å². The number of fused-ring (bicyclic) bond motifs is 1. The molecule has 31 heavy (non-hydrogen) atoms. The van der Waals surface area contributed by atoms with Gasteiger partial charge in [0.05, 0.1) is 18.4 Å². The first-order valence-electron chi connectivity index (χ1n) is 9.97. The molecule has 0 saturated carbocycles. The van der Waals surface area contributed by atoms with Crippen LogP contribution < -0.4 is 9.47 Å². The number of hydrogen-bond donors (Lipinski definition) is 0. The van der Waals surface area contributed by atoms with Crippen LogP contribution in [0.2, 0.25) is 0 Å². The van der Waals surface area contributed by atoms with E-state index in [2.05, 4.69) is 0 Å². The maximum absolute atomic E-state index is 12.9. The highest BCUT2D eigenvalue weighted by molar-refractivity contribution is 6.14. The summed E-state index contributed by atoms with van der Waals surface area (Å²) in [6, 6.07) is 23.2. The zero-order valence-corrected chi connectivity index (χ0v) is 17.2. The number of carbonyl (C=O) groups is 1. The molecule has 0 N–H and O–H groups in total. The maximum atomic E-state index is 12.9. The molecule has 152 valence electrons. The third-order valence-electron chi connectivity index (χ3n) is 5.24. The number of para-hydroxylation sites is 1. The van der Waals surface area contributed by atoms with E-state index in [0.717, 1.165) is 33.8 Å². The van der Waals surface area contributed by atoms with Gasteiger partial charge in [0.1, 0.15) is 17.2 Å². The minimum absolute atomic E-state index is 0.119. The second-order valence-corrected chi connectivity index (χ2v) is 7.38. The second kappa shape index (κ2) is 7.61. The van der Waals surface area contributed by atoms with Crippen molar-refractivity contribution in [2.24, 2.45) is 0 Å². The summed E-state index contributed by atoms with van der Waals surface area (Å²) in [6.07, 6.45) is 3.68. The predicted molar refractivity (Wildman–Crippen MR) is 120 cm³/mol. The summed E-state index contributed by atoms with van der Waals surface area (Å²) in [5.41, 5.74) is 5.01. The lowest BCUT2D eigenvalue weighted by Gasteiger charge is -2.03. The van der Waals surface area contributed by atoms with E-state index in [1.807, 2.05) is 90.6 Å². The molecule has 0 radical (unpaired) electrons. The molecule has 2 heterocycles. The number of ether oxygens (including phenoxy) is 2. The average molecular weight is 408 g/mol. The van der Waals surface area contributed by atoms with E-state index in [1.54, 1.807) is 13.2 Å². The molecule has 5 heteroatoms. The number of ketones is 1. The first-order chi connectivity index (χ1) is 15.1. The summed E-state index contributed by atoms with van der Waals surface area (Å²) in [4.78, 5) is 12.9. The molecule has 0 spiro atoms. The lowest BCUT2D eigenvalue weighted by atomic mass is 10.0. The van der Waals surface area contributed by atoms with Gasteiger partial charge in [0.25, 0.3) is 0 Å². The molecule has 1 aromatic heterocycles. The number of aromatic nitrogens is 2. The van der Waals surface area contributed by atoms with Crippen LogP contribution in [0.1, 0.15) is 21.5 Å². The molecular weight excluding hydrogens is 388 g/mol. The molecule has 0 amide bonds. The lowest BCUT2D eigenvalue weighted by Crippen LogP contribution is -1.98. The molecule has 5 rings (SSSR count). The van der Waals surface area contributed by atoms with Gasteiger partial charge in [0.2, 0.25) is 5.78 Å². The minimum atomic E-state index is -0.119. The molecule has 0 bridgehead atoms. The monoisotopic (exact) mass is 408 g/mol. The van der Waals surface area contributed by atoms with Gasteiger partial charge < -0.3 is 9.47 Å². The molecule has 0 aliphatic carbocycles. The number of allylic oxidation sites excluding steroid dienone is 1. The molecular formula is C26H20N2O3. The molecule has 1 aliphatic rings. The molecule has 3 aromatic carbocycles. The predicted octanol–water partition coefficient (Wildman–Crippen LogP) is 5.47. The van der Waals surface area contributed by atoms with E-state index < -0.39 is 0 Å². The van der Waals surface area contributed by atoms with E-state index in [1.165, 1.54) is 0 Å². The Kier molecular flexibility index (Phi) is 4.64. The smallest absolute Gasteiger partial charge is 0.231 e. The normalized spacial score (nSPS) is 13.9. The fraction of sp³-hybridized carbons (Fsp3) is 0.0769. The quantitative estimate of drug-likeness (QED) is 0.420. The van der Waals surface area contributed by atoms with Crippen molar-refractivity contribution in [3.8, 4) is 28.4 Å². The Bertz CT molecular complexity index is 1300. The molecule has 1 aliphatic heterocycles. The van der Waals surface area contributed by atoms with Crippen molar-refractivity contribution < 1.29 is 14.3 Å². The molecule has 0 unspecified atom stereocenters. The van der Waals surface area contributed by atoms with Crippen molar-refractivity contribution in [2.75, 3.05) is 7.11 Å². The first kappa shape index (κ1) is 18.9. The van der Waals surface area contributed by atoms with E-state index >= 15 is 0 Å². The highest BCUT2D eigenvalue weighted by Crippen LogP contribution is 2.34. The zero-order chi connectivity index (χ0) is 21.4. The Morgan fingerprint density at radius 1 is 1.00 bits per heavy atom. The van der Waals surface area contributed by atoms with Gasteiger partial charge in [-0.25, -0.2) is 4.68 Å². The highest BCUT2D eigenvalue weighted by atomic mass is 16.5. The van der Waals surface area contributed by atoms with Gasteiger partial charge in [0, 0.05) is 17.3 Å². The van der Waals surface area contributed by atoms with Crippen LogP contribution in [-0.4, -0.2) is 22.7 Å². The van der Waals surface area contributed by atoms with Gasteiger partial charge in [-0.05, 0) is 61.5 Å². The SMILES string of the molecule is COc1ccc(-c2nn(-c3ccccc3)cc2/C=C2\Oc3ccc(C)cc3C2=O)cc1. The van der Waals surface area contributed by atoms with Gasteiger partial charge in [-0.3, -0.25) is 4.79 Å². The molecule has 0 saturated heterocycles. The molecule has 0 atom stereocenters. The molecule has 4 aromatic rings. The summed E-state index contributed by atoms with van der Waals surface area (Å²) in [7, 11) is 1.64. The minimum Gasteiger partial charge on any atom is -0.497 e. The van der Waals surface area contributed by atoms with Crippen molar-refractivity contribution in [3.05, 3.63) is 101 Å². The Balaban J connectivity index is 1.61. The summed E-state index contributed by atoms with van der Waals surface area (Å²) in [5, 5.41) is 4.80. The van der Waals surface area contributed by atoms with Crippen LogP contribution in [0.3, 0.4) is 0 Å². The number of carbonyl (C=O) groups excluding carboxylic acids is 1. The van der Waals surface area contributed by atoms with E-state index in [0.29, 0.717) is 17.1 Å². The topological polar surface area (TPSA) is 53.4 Å². The third kappa shape index (κ3) is 3.51. The van der Waals surface area contributed by atoms with Gasteiger partial charge in [-0.2, -0.15) is 5.10 Å². The zero-order valence-electron chi connectivity index (χ0n) is 17.2. The summed E-state index contributed by atoms with van der Waals surface area (Å²) in [6.45, 7) is 1.96. The van der Waals surface area contributed by atoms with Crippen LogP contribution in [-0.2, 0) is 0 Å². The van der Waals surface area contributed by atoms with Crippen LogP contribution in [0.25, 0.3) is 23.0 Å². The summed E-state index contributed by atoms with van der Waals surface area (Å²) >= 11 is 0. The number of Topliss-reactive ketones (excluding diaryl/α,β-unsaturated/α-hetero) is 1. The van der Waals surface area contributed by atoms with Crippen molar-refractivity contribution in [2.45, 2.75) is 6.92 Å². The fourth-order valence-electron chi connectivity index (χ4n) is 3.62. The van der Waals surface area contributed by atoms with Gasteiger partial charge in [-0.15, -0.1) is 0 Å². The number of methoxy groups -OCH3 is 1. The van der Waals surface area contributed by atoms with Crippen molar-refractivity contribution in [1.82, 2.24) is 9.78 Å². The number of hydrogen-bond acceptors (Lipinski definition) is 4. The number of nitrogens with zero attached hydrogens (tertiary/aromatic N) is 2. The van der Waals surface area contributed by atoms with Crippen molar-refractivity contribution in [3.63, 3.8) is 0 Å². The third-order valence-corrected chi connectivity index (χ3v) is 5.24. The van der Waals surface area contributed by atoms with Crippen molar-refractivity contribution in [1.29, 1.82) is 0 Å². The Morgan fingerprint density at radius 3 is 2.52 bits per heavy atom. The Labute approximate surface area is 180 Å². The highest BCUT2D eigenvalue weighted by Gasteiger charge is 2.28. The van der Waals surface area contributed by atoms with E-state index in [-0.39, 0.29) is 5.78 Å². The summed E-state index contributed by atoms with van der Waals surface area (Å²) in [5.74, 6) is 1.53. The van der Waals surface area contributed by atoms with Gasteiger partial charge >= 0.3 is 0 Å². The standard InChI is InChI=1S/C26H20N2O3/c1-17-8-13-23-22(14-17)26(29)24(31-23)15-19-16-28(20-6-4-3-5-7-20)27-25(19)18-9-11-21(30-2)12-10-18/h3-16H,1-2H3/b24-15-. The molecule has 5 nitrogen and oxygen atoms in total. The summed E-state index contributed by atoms with van der Waals surface area (Å²) < 4.78 is 13.0. The number of rotatable bonds is 4. The van der Waals surface area contributed by atoms with Crippen LogP contribution in [0.5, 0.6) is 11.5 Å². The average Bonchev–Trinajstić information content (AvgIpc) is 3.36.